The lowest BCUT2D eigenvalue weighted by Crippen LogP contribution is -2.29. The summed E-state index contributed by atoms with van der Waals surface area (Å²) in [5.74, 6) is 0. The van der Waals surface area contributed by atoms with Gasteiger partial charge >= 0.3 is 0 Å². The lowest BCUT2D eigenvalue weighted by Gasteiger charge is -2.23. The van der Waals surface area contributed by atoms with Crippen LogP contribution in [-0.2, 0) is 6.54 Å². The van der Waals surface area contributed by atoms with Gasteiger partial charge in [0.1, 0.15) is 0 Å². The molecule has 0 radical (unpaired) electrons. The van der Waals surface area contributed by atoms with Crippen molar-refractivity contribution in [3.63, 3.8) is 0 Å². The van der Waals surface area contributed by atoms with E-state index in [0.29, 0.717) is 5.41 Å². The van der Waals surface area contributed by atoms with Crippen LogP contribution in [0.15, 0.2) is 18.3 Å². The zero-order valence-electron chi connectivity index (χ0n) is 10.4. The van der Waals surface area contributed by atoms with Crippen LogP contribution >= 0.6 is 0 Å². The Labute approximate surface area is 98.5 Å². The minimum absolute atomic E-state index is 0.540. The summed E-state index contributed by atoms with van der Waals surface area (Å²) in [5, 5.41) is 3.56. The summed E-state index contributed by atoms with van der Waals surface area (Å²) in [6.45, 7) is 6.51. The topological polar surface area (TPSA) is 24.9 Å². The highest BCUT2D eigenvalue weighted by Gasteiger charge is 2.27. The third-order valence-electron chi connectivity index (χ3n) is 3.66. The SMILES string of the molecule is Cc1ccc(CNCC2(C)CCCC2)cn1. The number of aromatic nitrogens is 1. The van der Waals surface area contributed by atoms with Crippen LogP contribution in [0.5, 0.6) is 0 Å². The van der Waals surface area contributed by atoms with Crippen molar-refractivity contribution in [3.8, 4) is 0 Å². The fourth-order valence-corrected chi connectivity index (χ4v) is 2.52. The van der Waals surface area contributed by atoms with Crippen LogP contribution in [0, 0.1) is 12.3 Å². The second-order valence-electron chi connectivity index (χ2n) is 5.43. The molecule has 1 fully saturated rings. The van der Waals surface area contributed by atoms with Gasteiger partial charge in [0.25, 0.3) is 0 Å². The minimum atomic E-state index is 0.540. The molecule has 0 spiro atoms. The zero-order chi connectivity index (χ0) is 11.4. The van der Waals surface area contributed by atoms with Crippen molar-refractivity contribution in [2.75, 3.05) is 6.54 Å². The van der Waals surface area contributed by atoms with Gasteiger partial charge in [0.15, 0.2) is 0 Å². The van der Waals surface area contributed by atoms with E-state index in [4.69, 9.17) is 0 Å². The zero-order valence-corrected chi connectivity index (χ0v) is 10.4. The standard InChI is InChI=1S/C14H22N2/c1-12-5-6-13(10-16-12)9-15-11-14(2)7-3-4-8-14/h5-6,10,15H,3-4,7-9,11H2,1-2H3. The fraction of sp³-hybridized carbons (Fsp3) is 0.643. The van der Waals surface area contributed by atoms with E-state index in [2.05, 4.69) is 29.4 Å². The van der Waals surface area contributed by atoms with Gasteiger partial charge < -0.3 is 5.32 Å². The number of nitrogens with one attached hydrogen (secondary N) is 1. The molecule has 1 aliphatic rings. The molecule has 2 rings (SSSR count). The van der Waals surface area contributed by atoms with Gasteiger partial charge in [-0.1, -0.05) is 25.8 Å². The molecule has 1 heterocycles. The highest BCUT2D eigenvalue weighted by molar-refractivity contribution is 5.12. The summed E-state index contributed by atoms with van der Waals surface area (Å²) in [7, 11) is 0. The molecule has 0 saturated heterocycles. The number of hydrogen-bond donors (Lipinski definition) is 1. The third-order valence-corrected chi connectivity index (χ3v) is 3.66. The summed E-state index contributed by atoms with van der Waals surface area (Å²) in [6.07, 6.45) is 7.55. The largest absolute Gasteiger partial charge is 0.312 e. The van der Waals surface area contributed by atoms with Crippen molar-refractivity contribution in [2.45, 2.75) is 46.1 Å². The predicted molar refractivity (Wildman–Crippen MR) is 67.3 cm³/mol. The van der Waals surface area contributed by atoms with Crippen molar-refractivity contribution in [1.82, 2.24) is 10.3 Å². The molecule has 0 aromatic carbocycles. The summed E-state index contributed by atoms with van der Waals surface area (Å²) < 4.78 is 0. The Morgan fingerprint density at radius 1 is 1.31 bits per heavy atom. The third kappa shape index (κ3) is 3.05. The van der Waals surface area contributed by atoms with E-state index in [9.17, 15) is 0 Å². The molecule has 1 aromatic heterocycles. The molecule has 2 heteroatoms. The first kappa shape index (κ1) is 11.6. The number of aryl methyl sites for hydroxylation is 1. The average molecular weight is 218 g/mol. The first-order valence-electron chi connectivity index (χ1n) is 6.30. The van der Waals surface area contributed by atoms with Crippen molar-refractivity contribution < 1.29 is 0 Å². The number of rotatable bonds is 4. The van der Waals surface area contributed by atoms with Crippen LogP contribution in [-0.4, -0.2) is 11.5 Å². The second kappa shape index (κ2) is 4.96. The van der Waals surface area contributed by atoms with Gasteiger partial charge in [-0.3, -0.25) is 4.98 Å². The first-order valence-corrected chi connectivity index (χ1v) is 6.30. The summed E-state index contributed by atoms with van der Waals surface area (Å²) >= 11 is 0. The quantitative estimate of drug-likeness (QED) is 0.840. The Bertz CT molecular complexity index is 323. The van der Waals surface area contributed by atoms with E-state index in [-0.39, 0.29) is 0 Å². The Morgan fingerprint density at radius 2 is 2.06 bits per heavy atom. The molecule has 0 atom stereocenters. The molecule has 1 aromatic rings. The highest BCUT2D eigenvalue weighted by atomic mass is 14.9. The molecular formula is C14H22N2. The first-order chi connectivity index (χ1) is 7.68. The molecule has 2 nitrogen and oxygen atoms in total. The molecule has 1 aliphatic carbocycles. The van der Waals surface area contributed by atoms with Gasteiger partial charge in [-0.15, -0.1) is 0 Å². The number of nitrogens with zero attached hydrogens (tertiary/aromatic N) is 1. The maximum Gasteiger partial charge on any atom is 0.0372 e. The molecule has 1 saturated carbocycles. The van der Waals surface area contributed by atoms with Gasteiger partial charge in [0, 0.05) is 25.0 Å². The average Bonchev–Trinajstić information content (AvgIpc) is 2.69. The van der Waals surface area contributed by atoms with Crippen LogP contribution < -0.4 is 5.32 Å². The van der Waals surface area contributed by atoms with Crippen molar-refractivity contribution in [3.05, 3.63) is 29.6 Å². The van der Waals surface area contributed by atoms with Crippen LogP contribution in [0.2, 0.25) is 0 Å². The monoisotopic (exact) mass is 218 g/mol. The van der Waals surface area contributed by atoms with E-state index >= 15 is 0 Å². The van der Waals surface area contributed by atoms with E-state index < -0.39 is 0 Å². The van der Waals surface area contributed by atoms with Gasteiger partial charge in [-0.25, -0.2) is 0 Å². The second-order valence-corrected chi connectivity index (χ2v) is 5.43. The van der Waals surface area contributed by atoms with Gasteiger partial charge in [-0.2, -0.15) is 0 Å². The van der Waals surface area contributed by atoms with Gasteiger partial charge in [-0.05, 0) is 36.8 Å². The van der Waals surface area contributed by atoms with Crippen LogP contribution in [0.4, 0.5) is 0 Å². The van der Waals surface area contributed by atoms with Crippen molar-refractivity contribution >= 4 is 0 Å². The molecular weight excluding hydrogens is 196 g/mol. The van der Waals surface area contributed by atoms with E-state index in [1.54, 1.807) is 0 Å². The highest BCUT2D eigenvalue weighted by Crippen LogP contribution is 2.36. The van der Waals surface area contributed by atoms with Crippen LogP contribution in [0.1, 0.15) is 43.9 Å². The maximum absolute atomic E-state index is 4.31. The lowest BCUT2D eigenvalue weighted by molar-refractivity contribution is 0.314. The number of pyridine rings is 1. The van der Waals surface area contributed by atoms with Crippen LogP contribution in [0.3, 0.4) is 0 Å². The normalized spacial score (nSPS) is 18.9. The molecule has 0 bridgehead atoms. The van der Waals surface area contributed by atoms with Gasteiger partial charge in [0.05, 0.1) is 0 Å². The Hall–Kier alpha value is -0.890. The molecule has 0 amide bonds. The molecule has 88 valence electrons. The van der Waals surface area contributed by atoms with Gasteiger partial charge in [0.2, 0.25) is 0 Å². The van der Waals surface area contributed by atoms with Crippen molar-refractivity contribution in [2.24, 2.45) is 5.41 Å². The smallest absolute Gasteiger partial charge is 0.0372 e. The molecule has 1 N–H and O–H groups in total. The predicted octanol–water partition coefficient (Wildman–Crippen LogP) is 3.06. The fourth-order valence-electron chi connectivity index (χ4n) is 2.52. The Morgan fingerprint density at radius 3 is 2.69 bits per heavy atom. The molecule has 0 aliphatic heterocycles. The van der Waals surface area contributed by atoms with E-state index in [1.165, 1.54) is 31.2 Å². The van der Waals surface area contributed by atoms with Crippen molar-refractivity contribution in [1.29, 1.82) is 0 Å². The maximum atomic E-state index is 4.31. The molecule has 0 unspecified atom stereocenters. The van der Waals surface area contributed by atoms with E-state index in [1.807, 2.05) is 13.1 Å². The van der Waals surface area contributed by atoms with E-state index in [0.717, 1.165) is 18.8 Å². The Kier molecular flexibility index (Phi) is 3.59. The van der Waals surface area contributed by atoms with Crippen LogP contribution in [0.25, 0.3) is 0 Å². The molecule has 16 heavy (non-hydrogen) atoms. The Balaban J connectivity index is 1.77. The number of hydrogen-bond acceptors (Lipinski definition) is 2. The summed E-state index contributed by atoms with van der Waals surface area (Å²) in [5.41, 5.74) is 2.91. The minimum Gasteiger partial charge on any atom is -0.312 e. The summed E-state index contributed by atoms with van der Waals surface area (Å²) in [4.78, 5) is 4.31. The lowest BCUT2D eigenvalue weighted by atomic mass is 9.89. The summed E-state index contributed by atoms with van der Waals surface area (Å²) in [6, 6.07) is 4.24.